The number of hydrogen-bond acceptors (Lipinski definition) is 3. The molecule has 1 aromatic carbocycles. The van der Waals surface area contributed by atoms with Crippen molar-refractivity contribution >= 4 is 22.6 Å². The van der Waals surface area contributed by atoms with Crippen molar-refractivity contribution < 1.29 is 4.42 Å². The molecule has 0 bridgehead atoms. The minimum atomic E-state index is 0.368. The van der Waals surface area contributed by atoms with Gasteiger partial charge in [-0.2, -0.15) is 0 Å². The second-order valence-electron chi connectivity index (χ2n) is 4.60. The highest BCUT2D eigenvalue weighted by Gasteiger charge is 2.12. The lowest BCUT2D eigenvalue weighted by atomic mass is 10.2. The SMILES string of the molecule is Cc1ccc2nc(CCl)n(Cc3ncc(C)o3)c2c1. The van der Waals surface area contributed by atoms with E-state index in [0.717, 1.165) is 22.6 Å². The lowest BCUT2D eigenvalue weighted by Crippen LogP contribution is -2.04. The molecule has 5 heteroatoms. The second-order valence-corrected chi connectivity index (χ2v) is 4.87. The van der Waals surface area contributed by atoms with Crippen molar-refractivity contribution in [3.63, 3.8) is 0 Å². The molecular weight excluding hydrogens is 262 g/mol. The van der Waals surface area contributed by atoms with Crippen molar-refractivity contribution in [3.8, 4) is 0 Å². The molecule has 0 saturated heterocycles. The third kappa shape index (κ3) is 2.24. The fraction of sp³-hybridized carbons (Fsp3) is 0.286. The summed E-state index contributed by atoms with van der Waals surface area (Å²) in [5, 5.41) is 0. The van der Waals surface area contributed by atoms with Gasteiger partial charge in [0.25, 0.3) is 0 Å². The minimum Gasteiger partial charge on any atom is -0.444 e. The molecule has 0 aliphatic carbocycles. The number of fused-ring (bicyclic) bond motifs is 1. The molecule has 0 saturated carbocycles. The van der Waals surface area contributed by atoms with Crippen molar-refractivity contribution in [2.24, 2.45) is 0 Å². The summed E-state index contributed by atoms with van der Waals surface area (Å²) in [6.45, 7) is 4.50. The average Bonchev–Trinajstić information content (AvgIpc) is 2.94. The summed E-state index contributed by atoms with van der Waals surface area (Å²) in [6.07, 6.45) is 1.72. The number of rotatable bonds is 3. The number of hydrogen-bond donors (Lipinski definition) is 0. The molecule has 2 aromatic heterocycles. The van der Waals surface area contributed by atoms with Crippen molar-refractivity contribution in [1.29, 1.82) is 0 Å². The zero-order valence-electron chi connectivity index (χ0n) is 10.9. The van der Waals surface area contributed by atoms with Crippen LogP contribution < -0.4 is 0 Å². The number of halogens is 1. The number of imidazole rings is 1. The van der Waals surface area contributed by atoms with Gasteiger partial charge in [0.05, 0.1) is 23.1 Å². The van der Waals surface area contributed by atoms with E-state index in [-0.39, 0.29) is 0 Å². The third-order valence-electron chi connectivity index (χ3n) is 3.06. The Hall–Kier alpha value is -1.81. The lowest BCUT2D eigenvalue weighted by molar-refractivity contribution is 0.457. The Morgan fingerprint density at radius 1 is 1.32 bits per heavy atom. The van der Waals surface area contributed by atoms with E-state index in [4.69, 9.17) is 16.0 Å². The number of alkyl halides is 1. The first-order chi connectivity index (χ1) is 9.17. The van der Waals surface area contributed by atoms with E-state index in [0.29, 0.717) is 18.3 Å². The smallest absolute Gasteiger partial charge is 0.214 e. The maximum atomic E-state index is 5.98. The normalized spacial score (nSPS) is 11.3. The molecule has 0 N–H and O–H groups in total. The molecule has 3 rings (SSSR count). The van der Waals surface area contributed by atoms with Gasteiger partial charge in [0.15, 0.2) is 0 Å². The number of benzene rings is 1. The molecule has 2 heterocycles. The molecule has 0 amide bonds. The highest BCUT2D eigenvalue weighted by Crippen LogP contribution is 2.20. The zero-order chi connectivity index (χ0) is 13.4. The van der Waals surface area contributed by atoms with Crippen molar-refractivity contribution in [2.75, 3.05) is 0 Å². The van der Waals surface area contributed by atoms with Crippen molar-refractivity contribution in [2.45, 2.75) is 26.3 Å². The van der Waals surface area contributed by atoms with Crippen LogP contribution in [0.4, 0.5) is 0 Å². The van der Waals surface area contributed by atoms with Crippen molar-refractivity contribution in [1.82, 2.24) is 14.5 Å². The maximum Gasteiger partial charge on any atom is 0.214 e. The summed E-state index contributed by atoms with van der Waals surface area (Å²) in [6, 6.07) is 6.17. The molecule has 4 nitrogen and oxygen atoms in total. The van der Waals surface area contributed by atoms with Crippen LogP contribution in [0.2, 0.25) is 0 Å². The first-order valence-corrected chi connectivity index (χ1v) is 6.64. The number of aromatic nitrogens is 3. The molecule has 0 unspecified atom stereocenters. The Morgan fingerprint density at radius 2 is 2.16 bits per heavy atom. The molecule has 0 atom stereocenters. The Kier molecular flexibility index (Phi) is 3.03. The van der Waals surface area contributed by atoms with Crippen LogP contribution in [0.25, 0.3) is 11.0 Å². The fourth-order valence-electron chi connectivity index (χ4n) is 2.17. The second kappa shape index (κ2) is 4.70. The van der Waals surface area contributed by atoms with Gasteiger partial charge >= 0.3 is 0 Å². The van der Waals surface area contributed by atoms with Gasteiger partial charge in [-0.1, -0.05) is 6.07 Å². The number of nitrogens with zero attached hydrogens (tertiary/aromatic N) is 3. The lowest BCUT2D eigenvalue weighted by Gasteiger charge is -2.05. The molecule has 0 aliphatic heterocycles. The predicted molar refractivity (Wildman–Crippen MR) is 74.4 cm³/mol. The molecule has 3 aromatic rings. The summed E-state index contributed by atoms with van der Waals surface area (Å²) in [7, 11) is 0. The van der Waals surface area contributed by atoms with E-state index >= 15 is 0 Å². The molecule has 19 heavy (non-hydrogen) atoms. The van der Waals surface area contributed by atoms with Gasteiger partial charge in [-0.05, 0) is 31.5 Å². The quantitative estimate of drug-likeness (QED) is 0.688. The number of oxazole rings is 1. The average molecular weight is 276 g/mol. The monoisotopic (exact) mass is 275 g/mol. The predicted octanol–water partition coefficient (Wildman–Crippen LogP) is 3.43. The topological polar surface area (TPSA) is 43.9 Å². The summed E-state index contributed by atoms with van der Waals surface area (Å²) in [5.74, 6) is 2.68. The molecular formula is C14H14ClN3O. The van der Waals surface area contributed by atoms with Crippen molar-refractivity contribution in [3.05, 3.63) is 47.4 Å². The highest BCUT2D eigenvalue weighted by atomic mass is 35.5. The summed E-state index contributed by atoms with van der Waals surface area (Å²) in [4.78, 5) is 8.77. The van der Waals surface area contributed by atoms with Gasteiger partial charge in [-0.3, -0.25) is 0 Å². The summed E-state index contributed by atoms with van der Waals surface area (Å²) >= 11 is 5.98. The van der Waals surface area contributed by atoms with Gasteiger partial charge in [0, 0.05) is 0 Å². The Balaban J connectivity index is 2.12. The standard InChI is InChI=1S/C14H14ClN3O/c1-9-3-4-11-12(5-9)18(13(6-15)17-11)8-14-16-7-10(2)19-14/h3-5,7H,6,8H2,1-2H3. The van der Waals surface area contributed by atoms with Crippen LogP contribution >= 0.6 is 11.6 Å². The summed E-state index contributed by atoms with van der Waals surface area (Å²) in [5.41, 5.74) is 3.20. The fourth-order valence-corrected chi connectivity index (χ4v) is 2.37. The van der Waals surface area contributed by atoms with Crippen LogP contribution in [0.1, 0.15) is 23.0 Å². The number of aryl methyl sites for hydroxylation is 2. The third-order valence-corrected chi connectivity index (χ3v) is 3.30. The molecule has 0 spiro atoms. The van der Waals surface area contributed by atoms with Gasteiger partial charge in [0.1, 0.15) is 18.1 Å². The van der Waals surface area contributed by atoms with Gasteiger partial charge < -0.3 is 8.98 Å². The molecule has 0 radical (unpaired) electrons. The van der Waals surface area contributed by atoms with Crippen LogP contribution in [0.15, 0.2) is 28.8 Å². The van der Waals surface area contributed by atoms with E-state index in [1.165, 1.54) is 5.56 Å². The van der Waals surface area contributed by atoms with Crippen LogP contribution in [-0.2, 0) is 12.4 Å². The first kappa shape index (κ1) is 12.2. The minimum absolute atomic E-state index is 0.368. The zero-order valence-corrected chi connectivity index (χ0v) is 11.6. The maximum absolute atomic E-state index is 5.98. The van der Waals surface area contributed by atoms with E-state index in [1.807, 2.05) is 19.1 Å². The molecule has 98 valence electrons. The van der Waals surface area contributed by atoms with Crippen LogP contribution in [0.3, 0.4) is 0 Å². The van der Waals surface area contributed by atoms with E-state index < -0.39 is 0 Å². The van der Waals surface area contributed by atoms with Crippen LogP contribution in [0.5, 0.6) is 0 Å². The van der Waals surface area contributed by atoms with E-state index in [9.17, 15) is 0 Å². The van der Waals surface area contributed by atoms with Crippen LogP contribution in [0, 0.1) is 13.8 Å². The Bertz CT molecular complexity index is 729. The summed E-state index contributed by atoms with van der Waals surface area (Å²) < 4.78 is 7.59. The van der Waals surface area contributed by atoms with Crippen LogP contribution in [-0.4, -0.2) is 14.5 Å². The van der Waals surface area contributed by atoms with E-state index in [1.54, 1.807) is 6.20 Å². The van der Waals surface area contributed by atoms with Gasteiger partial charge in [-0.15, -0.1) is 11.6 Å². The Morgan fingerprint density at radius 3 is 2.84 bits per heavy atom. The largest absolute Gasteiger partial charge is 0.444 e. The highest BCUT2D eigenvalue weighted by molar-refractivity contribution is 6.16. The van der Waals surface area contributed by atoms with Gasteiger partial charge in [-0.25, -0.2) is 9.97 Å². The molecule has 0 fully saturated rings. The Labute approximate surface area is 116 Å². The molecule has 0 aliphatic rings. The first-order valence-electron chi connectivity index (χ1n) is 6.10. The van der Waals surface area contributed by atoms with E-state index in [2.05, 4.69) is 27.5 Å². The van der Waals surface area contributed by atoms with Gasteiger partial charge in [0.2, 0.25) is 5.89 Å².